The molecule has 1 aliphatic heterocycles. The fourth-order valence-corrected chi connectivity index (χ4v) is 2.43. The van der Waals surface area contributed by atoms with E-state index in [2.05, 4.69) is 4.90 Å². The quantitative estimate of drug-likeness (QED) is 0.841. The summed E-state index contributed by atoms with van der Waals surface area (Å²) in [6, 6.07) is 4.66. The van der Waals surface area contributed by atoms with Crippen LogP contribution in [0.4, 0.5) is 10.1 Å². The lowest BCUT2D eigenvalue weighted by atomic mass is 9.95. The number of halogens is 1. The molecule has 1 aromatic carbocycles. The maximum atomic E-state index is 13.1. The Morgan fingerprint density at radius 1 is 1.39 bits per heavy atom. The first-order valence-electron chi connectivity index (χ1n) is 6.14. The molecule has 0 spiro atoms. The van der Waals surface area contributed by atoms with Crippen molar-refractivity contribution < 1.29 is 9.18 Å². The van der Waals surface area contributed by atoms with Crippen molar-refractivity contribution in [2.45, 2.75) is 19.4 Å². The van der Waals surface area contributed by atoms with Crippen molar-refractivity contribution in [2.75, 3.05) is 18.0 Å². The van der Waals surface area contributed by atoms with Crippen LogP contribution in [0, 0.1) is 11.7 Å². The molecule has 1 heterocycles. The molecule has 5 heteroatoms. The Morgan fingerprint density at radius 2 is 2.06 bits per heavy atom. The van der Waals surface area contributed by atoms with E-state index >= 15 is 0 Å². The number of nitrogens with zero attached hydrogens (tertiary/aromatic N) is 1. The maximum absolute atomic E-state index is 13.1. The molecular formula is C13H18FN3O. The van der Waals surface area contributed by atoms with E-state index in [4.69, 9.17) is 11.5 Å². The molecule has 0 radical (unpaired) electrons. The zero-order valence-corrected chi connectivity index (χ0v) is 10.2. The smallest absolute Gasteiger partial charge is 0.220 e. The predicted molar refractivity (Wildman–Crippen MR) is 68.4 cm³/mol. The predicted octanol–water partition coefficient (Wildman–Crippen LogP) is 0.986. The third-order valence-electron chi connectivity index (χ3n) is 3.50. The highest BCUT2D eigenvalue weighted by Gasteiger charge is 2.24. The van der Waals surface area contributed by atoms with Gasteiger partial charge in [0.25, 0.3) is 0 Å². The number of nitrogens with two attached hydrogens (primary N) is 2. The van der Waals surface area contributed by atoms with Crippen LogP contribution in [-0.2, 0) is 11.3 Å². The summed E-state index contributed by atoms with van der Waals surface area (Å²) >= 11 is 0. The summed E-state index contributed by atoms with van der Waals surface area (Å²) in [6.45, 7) is 1.82. The van der Waals surface area contributed by atoms with Gasteiger partial charge in [0, 0.05) is 31.2 Å². The summed E-state index contributed by atoms with van der Waals surface area (Å²) in [5, 5.41) is 0. The molecule has 0 bridgehead atoms. The fraction of sp³-hybridized carbons (Fsp3) is 0.462. The van der Waals surface area contributed by atoms with Crippen molar-refractivity contribution in [1.29, 1.82) is 0 Å². The maximum Gasteiger partial charge on any atom is 0.220 e. The molecule has 1 aromatic rings. The van der Waals surface area contributed by atoms with Crippen LogP contribution in [0.3, 0.4) is 0 Å². The summed E-state index contributed by atoms with van der Waals surface area (Å²) in [7, 11) is 0. The molecule has 0 saturated carbocycles. The zero-order valence-electron chi connectivity index (χ0n) is 10.2. The minimum atomic E-state index is -0.272. The van der Waals surface area contributed by atoms with Crippen molar-refractivity contribution in [1.82, 2.24) is 0 Å². The Kier molecular flexibility index (Phi) is 3.81. The van der Waals surface area contributed by atoms with Crippen LogP contribution >= 0.6 is 0 Å². The lowest BCUT2D eigenvalue weighted by Crippen LogP contribution is -2.39. The van der Waals surface area contributed by atoms with Crippen LogP contribution in [-0.4, -0.2) is 19.0 Å². The van der Waals surface area contributed by atoms with Gasteiger partial charge in [0.1, 0.15) is 5.82 Å². The van der Waals surface area contributed by atoms with Gasteiger partial charge < -0.3 is 16.4 Å². The van der Waals surface area contributed by atoms with Crippen LogP contribution < -0.4 is 16.4 Å². The van der Waals surface area contributed by atoms with Crippen molar-refractivity contribution in [2.24, 2.45) is 17.4 Å². The summed E-state index contributed by atoms with van der Waals surface area (Å²) in [4.78, 5) is 13.2. The second kappa shape index (κ2) is 5.35. The first kappa shape index (κ1) is 12.8. The average Bonchev–Trinajstić information content (AvgIpc) is 2.38. The highest BCUT2D eigenvalue weighted by Crippen LogP contribution is 2.26. The Morgan fingerprint density at radius 3 is 2.61 bits per heavy atom. The molecule has 4 nitrogen and oxygen atoms in total. The number of anilines is 1. The number of rotatable bonds is 3. The van der Waals surface area contributed by atoms with Crippen LogP contribution in [0.2, 0.25) is 0 Å². The van der Waals surface area contributed by atoms with Crippen LogP contribution in [0.15, 0.2) is 18.2 Å². The molecule has 0 atom stereocenters. The first-order chi connectivity index (χ1) is 8.61. The van der Waals surface area contributed by atoms with Crippen molar-refractivity contribution in [3.63, 3.8) is 0 Å². The number of carbonyl (C=O) groups excluding carboxylic acids is 1. The van der Waals surface area contributed by atoms with E-state index in [1.54, 1.807) is 6.07 Å². The zero-order chi connectivity index (χ0) is 13.1. The van der Waals surface area contributed by atoms with Crippen LogP contribution in [0.25, 0.3) is 0 Å². The van der Waals surface area contributed by atoms with Gasteiger partial charge in [-0.3, -0.25) is 4.79 Å². The first-order valence-corrected chi connectivity index (χ1v) is 6.14. The molecule has 1 saturated heterocycles. The largest absolute Gasteiger partial charge is 0.371 e. The average molecular weight is 251 g/mol. The van der Waals surface area contributed by atoms with E-state index in [1.807, 2.05) is 0 Å². The minimum absolute atomic E-state index is 0.0389. The molecule has 18 heavy (non-hydrogen) atoms. The summed E-state index contributed by atoms with van der Waals surface area (Å²) in [5.41, 5.74) is 12.7. The van der Waals surface area contributed by atoms with Gasteiger partial charge in [-0.05, 0) is 36.6 Å². The van der Waals surface area contributed by atoms with E-state index in [9.17, 15) is 9.18 Å². The number of amides is 1. The molecule has 4 N–H and O–H groups in total. The molecule has 0 unspecified atom stereocenters. The summed E-state index contributed by atoms with van der Waals surface area (Å²) in [6.07, 6.45) is 1.49. The lowest BCUT2D eigenvalue weighted by molar-refractivity contribution is -0.122. The Labute approximate surface area is 106 Å². The Balaban J connectivity index is 2.12. The van der Waals surface area contributed by atoms with E-state index in [-0.39, 0.29) is 17.6 Å². The van der Waals surface area contributed by atoms with Crippen molar-refractivity contribution in [3.05, 3.63) is 29.6 Å². The third kappa shape index (κ3) is 2.61. The number of primary amides is 1. The molecular weight excluding hydrogens is 233 g/mol. The molecule has 1 amide bonds. The van der Waals surface area contributed by atoms with Gasteiger partial charge in [-0.2, -0.15) is 0 Å². The molecule has 1 fully saturated rings. The lowest BCUT2D eigenvalue weighted by Gasteiger charge is -2.33. The Hall–Kier alpha value is -1.62. The van der Waals surface area contributed by atoms with E-state index in [0.717, 1.165) is 37.2 Å². The van der Waals surface area contributed by atoms with Gasteiger partial charge in [0.05, 0.1) is 0 Å². The third-order valence-corrected chi connectivity index (χ3v) is 3.50. The molecule has 98 valence electrons. The van der Waals surface area contributed by atoms with Gasteiger partial charge in [-0.25, -0.2) is 4.39 Å². The van der Waals surface area contributed by atoms with Gasteiger partial charge in [-0.15, -0.1) is 0 Å². The number of hydrogen-bond donors (Lipinski definition) is 2. The van der Waals surface area contributed by atoms with Crippen LogP contribution in [0.5, 0.6) is 0 Å². The minimum Gasteiger partial charge on any atom is -0.371 e. The van der Waals surface area contributed by atoms with E-state index < -0.39 is 0 Å². The number of hydrogen-bond acceptors (Lipinski definition) is 3. The second-order valence-corrected chi connectivity index (χ2v) is 4.64. The normalized spacial score (nSPS) is 16.9. The second-order valence-electron chi connectivity index (χ2n) is 4.64. The van der Waals surface area contributed by atoms with Gasteiger partial charge >= 0.3 is 0 Å². The topological polar surface area (TPSA) is 72.3 Å². The highest BCUT2D eigenvalue weighted by atomic mass is 19.1. The fourth-order valence-electron chi connectivity index (χ4n) is 2.43. The monoisotopic (exact) mass is 251 g/mol. The van der Waals surface area contributed by atoms with E-state index in [1.165, 1.54) is 12.1 Å². The highest BCUT2D eigenvalue weighted by molar-refractivity contribution is 5.77. The number of carbonyl (C=O) groups is 1. The van der Waals surface area contributed by atoms with Gasteiger partial charge in [-0.1, -0.05) is 0 Å². The van der Waals surface area contributed by atoms with E-state index in [0.29, 0.717) is 6.54 Å². The van der Waals surface area contributed by atoms with Crippen LogP contribution in [0.1, 0.15) is 18.4 Å². The number of piperidine rings is 1. The van der Waals surface area contributed by atoms with Crippen molar-refractivity contribution >= 4 is 11.6 Å². The molecule has 1 aliphatic rings. The summed E-state index contributed by atoms with van der Waals surface area (Å²) < 4.78 is 13.1. The Bertz CT molecular complexity index is 442. The molecule has 0 aromatic heterocycles. The molecule has 0 aliphatic carbocycles. The van der Waals surface area contributed by atoms with Gasteiger partial charge in [0.2, 0.25) is 5.91 Å². The summed E-state index contributed by atoms with van der Waals surface area (Å²) in [5.74, 6) is -0.540. The molecule has 2 rings (SSSR count). The van der Waals surface area contributed by atoms with Gasteiger partial charge in [0.15, 0.2) is 0 Å². The number of benzene rings is 1. The SMILES string of the molecule is NCc1cc(F)ccc1N1CCC(C(N)=O)CC1. The van der Waals surface area contributed by atoms with Crippen molar-refractivity contribution in [3.8, 4) is 0 Å². The standard InChI is InChI=1S/C13H18FN3O/c14-11-1-2-12(10(7-11)8-15)17-5-3-9(4-6-17)13(16)18/h1-2,7,9H,3-6,8,15H2,(H2,16,18).